The maximum absolute atomic E-state index is 9.35. The summed E-state index contributed by atoms with van der Waals surface area (Å²) in [5.41, 5.74) is 0. The minimum atomic E-state index is -0.247. The highest BCUT2D eigenvalue weighted by Crippen LogP contribution is 2.08. The monoisotopic (exact) mass is 158 g/mol. The fraction of sp³-hybridized carbons (Fsp3) is 0.778. The third-order valence-corrected chi connectivity index (χ3v) is 1.70. The standard InChI is InChI=1S/C9H18O2/c1-4-8(2)7-9(10)5-6-11-3/h4,8-10H,1,5-7H2,2-3H3/t8-,9+/m1/s1. The molecule has 2 atom stereocenters. The van der Waals surface area contributed by atoms with Crippen LogP contribution in [0.15, 0.2) is 12.7 Å². The van der Waals surface area contributed by atoms with Crippen LogP contribution in [0.1, 0.15) is 19.8 Å². The second kappa shape index (κ2) is 6.38. The van der Waals surface area contributed by atoms with E-state index in [4.69, 9.17) is 4.74 Å². The topological polar surface area (TPSA) is 29.5 Å². The van der Waals surface area contributed by atoms with Gasteiger partial charge < -0.3 is 9.84 Å². The normalized spacial score (nSPS) is 15.9. The average molecular weight is 158 g/mol. The number of rotatable bonds is 6. The van der Waals surface area contributed by atoms with Crippen LogP contribution in [0.3, 0.4) is 0 Å². The van der Waals surface area contributed by atoms with Gasteiger partial charge in [-0.15, -0.1) is 6.58 Å². The van der Waals surface area contributed by atoms with Gasteiger partial charge in [0.25, 0.3) is 0 Å². The van der Waals surface area contributed by atoms with Gasteiger partial charge in [0.2, 0.25) is 0 Å². The van der Waals surface area contributed by atoms with E-state index in [1.54, 1.807) is 7.11 Å². The summed E-state index contributed by atoms with van der Waals surface area (Å²) in [4.78, 5) is 0. The molecule has 0 bridgehead atoms. The minimum absolute atomic E-state index is 0.247. The summed E-state index contributed by atoms with van der Waals surface area (Å²) in [5.74, 6) is 0.391. The van der Waals surface area contributed by atoms with E-state index in [0.717, 1.165) is 6.42 Å². The largest absolute Gasteiger partial charge is 0.393 e. The SMILES string of the molecule is C=C[C@@H](C)C[C@@H](O)CCOC. The lowest BCUT2D eigenvalue weighted by molar-refractivity contribution is 0.0975. The molecular weight excluding hydrogens is 140 g/mol. The first-order valence-electron chi connectivity index (χ1n) is 4.00. The van der Waals surface area contributed by atoms with Gasteiger partial charge in [-0.05, 0) is 18.8 Å². The van der Waals surface area contributed by atoms with Gasteiger partial charge in [0.05, 0.1) is 6.10 Å². The quantitative estimate of drug-likeness (QED) is 0.595. The zero-order chi connectivity index (χ0) is 8.69. The van der Waals surface area contributed by atoms with Crippen molar-refractivity contribution in [2.75, 3.05) is 13.7 Å². The summed E-state index contributed by atoms with van der Waals surface area (Å²) in [6.45, 7) is 6.33. The van der Waals surface area contributed by atoms with Gasteiger partial charge in [-0.25, -0.2) is 0 Å². The Bertz CT molecular complexity index is 102. The van der Waals surface area contributed by atoms with Crippen molar-refractivity contribution in [3.8, 4) is 0 Å². The van der Waals surface area contributed by atoms with Gasteiger partial charge in [-0.2, -0.15) is 0 Å². The number of allylic oxidation sites excluding steroid dienone is 1. The van der Waals surface area contributed by atoms with Crippen molar-refractivity contribution in [1.82, 2.24) is 0 Å². The number of methoxy groups -OCH3 is 1. The molecule has 0 aromatic rings. The third-order valence-electron chi connectivity index (χ3n) is 1.70. The second-order valence-electron chi connectivity index (χ2n) is 2.88. The van der Waals surface area contributed by atoms with Crippen LogP contribution in [0, 0.1) is 5.92 Å². The van der Waals surface area contributed by atoms with Crippen molar-refractivity contribution in [3.05, 3.63) is 12.7 Å². The summed E-state index contributed by atoms with van der Waals surface area (Å²) in [6, 6.07) is 0. The molecule has 1 N–H and O–H groups in total. The van der Waals surface area contributed by atoms with Crippen LogP contribution in [0.2, 0.25) is 0 Å². The number of hydrogen-bond donors (Lipinski definition) is 1. The van der Waals surface area contributed by atoms with E-state index in [1.807, 2.05) is 13.0 Å². The van der Waals surface area contributed by atoms with Crippen molar-refractivity contribution in [2.24, 2.45) is 5.92 Å². The summed E-state index contributed by atoms with van der Waals surface area (Å²) in [5, 5.41) is 9.35. The van der Waals surface area contributed by atoms with E-state index in [-0.39, 0.29) is 6.10 Å². The number of aliphatic hydroxyl groups is 1. The molecule has 0 heterocycles. The molecule has 2 nitrogen and oxygen atoms in total. The van der Waals surface area contributed by atoms with Crippen molar-refractivity contribution in [1.29, 1.82) is 0 Å². The van der Waals surface area contributed by atoms with Crippen molar-refractivity contribution < 1.29 is 9.84 Å². The zero-order valence-corrected chi connectivity index (χ0v) is 7.42. The van der Waals surface area contributed by atoms with E-state index in [9.17, 15) is 5.11 Å². The van der Waals surface area contributed by atoms with Crippen LogP contribution in [0.4, 0.5) is 0 Å². The summed E-state index contributed by atoms with van der Waals surface area (Å²) in [6.07, 6.45) is 3.11. The summed E-state index contributed by atoms with van der Waals surface area (Å²) >= 11 is 0. The number of hydrogen-bond acceptors (Lipinski definition) is 2. The molecule has 0 aliphatic heterocycles. The first-order valence-corrected chi connectivity index (χ1v) is 4.00. The Labute approximate surface area is 68.9 Å². The Morgan fingerprint density at radius 2 is 2.27 bits per heavy atom. The highest BCUT2D eigenvalue weighted by molar-refractivity contribution is 4.77. The Hall–Kier alpha value is -0.340. The summed E-state index contributed by atoms with van der Waals surface area (Å²) < 4.78 is 4.84. The second-order valence-corrected chi connectivity index (χ2v) is 2.88. The molecule has 0 saturated heterocycles. The molecule has 0 aromatic carbocycles. The third kappa shape index (κ3) is 6.07. The molecule has 0 unspecified atom stereocenters. The number of ether oxygens (including phenoxy) is 1. The molecule has 0 saturated carbocycles. The van der Waals surface area contributed by atoms with Crippen LogP contribution in [-0.4, -0.2) is 24.9 Å². The smallest absolute Gasteiger partial charge is 0.0567 e. The van der Waals surface area contributed by atoms with Crippen LogP contribution >= 0.6 is 0 Å². The minimum Gasteiger partial charge on any atom is -0.393 e. The van der Waals surface area contributed by atoms with Gasteiger partial charge in [0.1, 0.15) is 0 Å². The maximum atomic E-state index is 9.35. The molecule has 0 aliphatic rings. The first-order chi connectivity index (χ1) is 5.20. The highest BCUT2D eigenvalue weighted by atomic mass is 16.5. The molecule has 0 spiro atoms. The predicted octanol–water partition coefficient (Wildman–Crippen LogP) is 1.60. The molecule has 0 aromatic heterocycles. The molecule has 11 heavy (non-hydrogen) atoms. The van der Waals surface area contributed by atoms with Crippen LogP contribution in [-0.2, 0) is 4.74 Å². The average Bonchev–Trinajstić information content (AvgIpc) is 2.00. The molecule has 0 fully saturated rings. The van der Waals surface area contributed by atoms with Crippen LogP contribution in [0.5, 0.6) is 0 Å². The molecular formula is C9H18O2. The van der Waals surface area contributed by atoms with Crippen molar-refractivity contribution in [2.45, 2.75) is 25.9 Å². The molecule has 0 amide bonds. The van der Waals surface area contributed by atoms with E-state index in [2.05, 4.69) is 6.58 Å². The predicted molar refractivity (Wildman–Crippen MR) is 46.5 cm³/mol. The Morgan fingerprint density at radius 3 is 2.73 bits per heavy atom. The van der Waals surface area contributed by atoms with Gasteiger partial charge >= 0.3 is 0 Å². The molecule has 0 radical (unpaired) electrons. The van der Waals surface area contributed by atoms with Gasteiger partial charge in [-0.1, -0.05) is 13.0 Å². The van der Waals surface area contributed by atoms with Crippen LogP contribution < -0.4 is 0 Å². The lowest BCUT2D eigenvalue weighted by Gasteiger charge is -2.12. The molecule has 0 aliphatic carbocycles. The molecule has 66 valence electrons. The first kappa shape index (κ1) is 10.7. The highest BCUT2D eigenvalue weighted by Gasteiger charge is 2.06. The maximum Gasteiger partial charge on any atom is 0.0567 e. The van der Waals surface area contributed by atoms with Crippen LogP contribution in [0.25, 0.3) is 0 Å². The molecule has 2 heteroatoms. The van der Waals surface area contributed by atoms with Gasteiger partial charge in [-0.3, -0.25) is 0 Å². The summed E-state index contributed by atoms with van der Waals surface area (Å²) in [7, 11) is 1.64. The Balaban J connectivity index is 3.34. The molecule has 0 rings (SSSR count). The Morgan fingerprint density at radius 1 is 1.64 bits per heavy atom. The lowest BCUT2D eigenvalue weighted by Crippen LogP contribution is -2.12. The number of aliphatic hydroxyl groups excluding tert-OH is 1. The van der Waals surface area contributed by atoms with E-state index >= 15 is 0 Å². The van der Waals surface area contributed by atoms with E-state index in [0.29, 0.717) is 18.9 Å². The van der Waals surface area contributed by atoms with Gasteiger partial charge in [0.15, 0.2) is 0 Å². The van der Waals surface area contributed by atoms with Crippen molar-refractivity contribution in [3.63, 3.8) is 0 Å². The van der Waals surface area contributed by atoms with E-state index < -0.39 is 0 Å². The van der Waals surface area contributed by atoms with Crippen molar-refractivity contribution >= 4 is 0 Å². The zero-order valence-electron chi connectivity index (χ0n) is 7.42. The Kier molecular flexibility index (Phi) is 6.18. The van der Waals surface area contributed by atoms with Gasteiger partial charge in [0, 0.05) is 13.7 Å². The fourth-order valence-corrected chi connectivity index (χ4v) is 0.897. The fourth-order valence-electron chi connectivity index (χ4n) is 0.897. The van der Waals surface area contributed by atoms with E-state index in [1.165, 1.54) is 0 Å². The lowest BCUT2D eigenvalue weighted by atomic mass is 10.0.